The van der Waals surface area contributed by atoms with Crippen molar-refractivity contribution < 1.29 is 4.79 Å². The van der Waals surface area contributed by atoms with Gasteiger partial charge in [0.15, 0.2) is 5.82 Å². The van der Waals surface area contributed by atoms with Gasteiger partial charge in [0, 0.05) is 11.3 Å². The minimum atomic E-state index is -0.435. The van der Waals surface area contributed by atoms with Gasteiger partial charge in [0.2, 0.25) is 5.91 Å². The molecule has 2 aromatic heterocycles. The van der Waals surface area contributed by atoms with Crippen LogP contribution in [0.25, 0.3) is 10.2 Å². The largest absolute Gasteiger partial charge is 0.366 e. The molecule has 20 heavy (non-hydrogen) atoms. The molecule has 0 spiro atoms. The molecule has 0 aliphatic rings. The molecule has 100 valence electrons. The second-order valence-corrected chi connectivity index (χ2v) is 5.26. The van der Waals surface area contributed by atoms with Crippen LogP contribution in [-0.4, -0.2) is 15.9 Å². The lowest BCUT2D eigenvalue weighted by atomic mass is 10.2. The standard InChI is InChI=1S/C14H12N4OS/c1-8-6-20-12-11(8)16-7-17-14(12)18-10-4-2-9(3-5-10)13(15)19/h2-7H,1H3,(H2,15,19)(H,16,17,18). The number of carbonyl (C=O) groups excluding carboxylic acids is 1. The first-order chi connectivity index (χ1) is 9.65. The molecule has 0 saturated carbocycles. The van der Waals surface area contributed by atoms with Crippen LogP contribution in [0.15, 0.2) is 36.0 Å². The Morgan fingerprint density at radius 2 is 2.00 bits per heavy atom. The molecule has 3 aromatic rings. The molecule has 6 heteroatoms. The highest BCUT2D eigenvalue weighted by Gasteiger charge is 2.08. The second kappa shape index (κ2) is 4.90. The molecule has 0 unspecified atom stereocenters. The van der Waals surface area contributed by atoms with Crippen molar-refractivity contribution >= 4 is 39.0 Å². The molecule has 2 heterocycles. The van der Waals surface area contributed by atoms with E-state index in [1.54, 1.807) is 41.9 Å². The molecule has 0 aliphatic carbocycles. The van der Waals surface area contributed by atoms with Gasteiger partial charge in [-0.2, -0.15) is 0 Å². The van der Waals surface area contributed by atoms with Gasteiger partial charge in [-0.15, -0.1) is 11.3 Å². The summed E-state index contributed by atoms with van der Waals surface area (Å²) in [7, 11) is 0. The van der Waals surface area contributed by atoms with Crippen molar-refractivity contribution in [2.24, 2.45) is 5.73 Å². The summed E-state index contributed by atoms with van der Waals surface area (Å²) in [4.78, 5) is 19.6. The Balaban J connectivity index is 1.95. The van der Waals surface area contributed by atoms with Crippen LogP contribution in [0, 0.1) is 6.92 Å². The molecule has 1 amide bonds. The number of nitrogens with one attached hydrogen (secondary N) is 1. The van der Waals surface area contributed by atoms with Crippen LogP contribution in [0.2, 0.25) is 0 Å². The number of aromatic nitrogens is 2. The first-order valence-electron chi connectivity index (χ1n) is 6.01. The molecule has 0 atom stereocenters. The summed E-state index contributed by atoms with van der Waals surface area (Å²) in [6, 6.07) is 6.97. The SMILES string of the molecule is Cc1csc2c(Nc3ccc(C(N)=O)cc3)ncnc12. The smallest absolute Gasteiger partial charge is 0.248 e. The fourth-order valence-corrected chi connectivity index (χ4v) is 2.86. The molecule has 0 aliphatic heterocycles. The fraction of sp³-hybridized carbons (Fsp3) is 0.0714. The van der Waals surface area contributed by atoms with Crippen molar-refractivity contribution in [3.8, 4) is 0 Å². The van der Waals surface area contributed by atoms with Gasteiger partial charge in [0.25, 0.3) is 0 Å². The normalized spacial score (nSPS) is 10.7. The molecular formula is C14H12N4OS. The lowest BCUT2D eigenvalue weighted by molar-refractivity contribution is 0.100. The van der Waals surface area contributed by atoms with E-state index in [9.17, 15) is 4.79 Å². The van der Waals surface area contributed by atoms with Gasteiger partial charge in [-0.25, -0.2) is 9.97 Å². The summed E-state index contributed by atoms with van der Waals surface area (Å²) in [5.74, 6) is 0.329. The van der Waals surface area contributed by atoms with E-state index in [0.717, 1.165) is 27.3 Å². The summed E-state index contributed by atoms with van der Waals surface area (Å²) < 4.78 is 1.02. The summed E-state index contributed by atoms with van der Waals surface area (Å²) in [6.45, 7) is 2.03. The Hall–Kier alpha value is -2.47. The Kier molecular flexibility index (Phi) is 3.08. The molecule has 0 saturated heterocycles. The number of anilines is 2. The number of thiophene rings is 1. The number of nitrogens with zero attached hydrogens (tertiary/aromatic N) is 2. The average Bonchev–Trinajstić information content (AvgIpc) is 2.82. The van der Waals surface area contributed by atoms with Gasteiger partial charge in [-0.05, 0) is 42.1 Å². The number of hydrogen-bond donors (Lipinski definition) is 2. The minimum absolute atomic E-state index is 0.435. The van der Waals surface area contributed by atoms with Crippen molar-refractivity contribution in [2.45, 2.75) is 6.92 Å². The molecular weight excluding hydrogens is 272 g/mol. The number of amides is 1. The monoisotopic (exact) mass is 284 g/mol. The number of nitrogens with two attached hydrogens (primary N) is 1. The van der Waals surface area contributed by atoms with Crippen molar-refractivity contribution in [1.82, 2.24) is 9.97 Å². The number of carbonyl (C=O) groups is 1. The van der Waals surface area contributed by atoms with Crippen LogP contribution in [0.4, 0.5) is 11.5 Å². The highest BCUT2D eigenvalue weighted by Crippen LogP contribution is 2.30. The van der Waals surface area contributed by atoms with Crippen LogP contribution < -0.4 is 11.1 Å². The summed E-state index contributed by atoms with van der Waals surface area (Å²) in [5.41, 5.74) is 8.64. The maximum atomic E-state index is 11.0. The van der Waals surface area contributed by atoms with Crippen LogP contribution in [-0.2, 0) is 0 Å². The Morgan fingerprint density at radius 3 is 2.70 bits per heavy atom. The third-order valence-corrected chi connectivity index (χ3v) is 4.06. The zero-order valence-electron chi connectivity index (χ0n) is 10.8. The van der Waals surface area contributed by atoms with E-state index in [-0.39, 0.29) is 0 Å². The number of aryl methyl sites for hydroxylation is 1. The lowest BCUT2D eigenvalue weighted by Crippen LogP contribution is -2.10. The molecule has 3 rings (SSSR count). The van der Waals surface area contributed by atoms with Gasteiger partial charge in [-0.1, -0.05) is 0 Å². The molecule has 0 fully saturated rings. The Morgan fingerprint density at radius 1 is 1.25 bits per heavy atom. The lowest BCUT2D eigenvalue weighted by Gasteiger charge is -2.06. The predicted molar refractivity (Wildman–Crippen MR) is 80.4 cm³/mol. The van der Waals surface area contributed by atoms with Crippen molar-refractivity contribution in [2.75, 3.05) is 5.32 Å². The first-order valence-corrected chi connectivity index (χ1v) is 6.89. The van der Waals surface area contributed by atoms with Crippen molar-refractivity contribution in [1.29, 1.82) is 0 Å². The Bertz CT molecular complexity index is 779. The number of hydrogen-bond acceptors (Lipinski definition) is 5. The van der Waals surface area contributed by atoms with Gasteiger partial charge in [-0.3, -0.25) is 4.79 Å². The van der Waals surface area contributed by atoms with E-state index in [0.29, 0.717) is 5.56 Å². The molecule has 3 N–H and O–H groups in total. The molecule has 0 radical (unpaired) electrons. The minimum Gasteiger partial charge on any atom is -0.366 e. The zero-order chi connectivity index (χ0) is 14.1. The third kappa shape index (κ3) is 2.21. The van der Waals surface area contributed by atoms with E-state index in [1.165, 1.54) is 0 Å². The van der Waals surface area contributed by atoms with E-state index in [4.69, 9.17) is 5.73 Å². The van der Waals surface area contributed by atoms with Crippen LogP contribution >= 0.6 is 11.3 Å². The Labute approximate surface area is 119 Å². The van der Waals surface area contributed by atoms with E-state index in [1.807, 2.05) is 6.92 Å². The highest BCUT2D eigenvalue weighted by molar-refractivity contribution is 7.18. The number of benzene rings is 1. The van der Waals surface area contributed by atoms with E-state index < -0.39 is 5.91 Å². The number of rotatable bonds is 3. The molecule has 0 bridgehead atoms. The maximum Gasteiger partial charge on any atom is 0.248 e. The molecule has 5 nitrogen and oxygen atoms in total. The fourth-order valence-electron chi connectivity index (χ4n) is 1.91. The first kappa shape index (κ1) is 12.6. The zero-order valence-corrected chi connectivity index (χ0v) is 11.6. The van der Waals surface area contributed by atoms with Gasteiger partial charge in [0.05, 0.1) is 10.2 Å². The quantitative estimate of drug-likeness (QED) is 0.775. The second-order valence-electron chi connectivity index (χ2n) is 4.39. The maximum absolute atomic E-state index is 11.0. The third-order valence-electron chi connectivity index (χ3n) is 2.96. The van der Waals surface area contributed by atoms with Crippen LogP contribution in [0.5, 0.6) is 0 Å². The highest BCUT2D eigenvalue weighted by atomic mass is 32.1. The van der Waals surface area contributed by atoms with Crippen molar-refractivity contribution in [3.63, 3.8) is 0 Å². The predicted octanol–water partition coefficient (Wildman–Crippen LogP) is 2.84. The average molecular weight is 284 g/mol. The summed E-state index contributed by atoms with van der Waals surface area (Å²) in [5, 5.41) is 5.29. The van der Waals surface area contributed by atoms with Gasteiger partial charge < -0.3 is 11.1 Å². The van der Waals surface area contributed by atoms with Crippen molar-refractivity contribution in [3.05, 3.63) is 47.1 Å². The number of fused-ring (bicyclic) bond motifs is 1. The summed E-state index contributed by atoms with van der Waals surface area (Å²) >= 11 is 1.61. The van der Waals surface area contributed by atoms with E-state index >= 15 is 0 Å². The topological polar surface area (TPSA) is 80.9 Å². The molecule has 1 aromatic carbocycles. The van der Waals surface area contributed by atoms with Gasteiger partial charge in [0.1, 0.15) is 6.33 Å². The summed E-state index contributed by atoms with van der Waals surface area (Å²) in [6.07, 6.45) is 1.54. The van der Waals surface area contributed by atoms with Crippen LogP contribution in [0.3, 0.4) is 0 Å². The van der Waals surface area contributed by atoms with Gasteiger partial charge >= 0.3 is 0 Å². The van der Waals surface area contributed by atoms with Crippen LogP contribution in [0.1, 0.15) is 15.9 Å². The number of primary amides is 1. The van der Waals surface area contributed by atoms with E-state index in [2.05, 4.69) is 20.7 Å².